The highest BCUT2D eigenvalue weighted by atomic mass is 79.9. The van der Waals surface area contributed by atoms with Crippen molar-refractivity contribution >= 4 is 61.3 Å². The Balaban J connectivity index is 1.73. The Hall–Kier alpha value is -3.24. The number of fused-ring (bicyclic) bond motifs is 2. The summed E-state index contributed by atoms with van der Waals surface area (Å²) in [6.07, 6.45) is -1.20. The standard InChI is InChI=1S/C23H15BrClF3N6/c1-2-33(18-9-8-14(11-16(18)25)23(26,27)28)22-31-17-12-30-34(24)21(17)20(32-22)15-7-3-5-13-6-4-10-29-19(13)15/h3-12H,2H2,1H3. The van der Waals surface area contributed by atoms with Crippen molar-refractivity contribution in [3.05, 3.63) is 71.5 Å². The van der Waals surface area contributed by atoms with E-state index >= 15 is 0 Å². The lowest BCUT2D eigenvalue weighted by Gasteiger charge is -2.23. The van der Waals surface area contributed by atoms with E-state index in [9.17, 15) is 13.2 Å². The lowest BCUT2D eigenvalue weighted by atomic mass is 10.1. The van der Waals surface area contributed by atoms with E-state index in [-0.39, 0.29) is 11.0 Å². The average molecular weight is 548 g/mol. The predicted molar refractivity (Wildman–Crippen MR) is 130 cm³/mol. The lowest BCUT2D eigenvalue weighted by molar-refractivity contribution is -0.137. The molecule has 6 nitrogen and oxygen atoms in total. The van der Waals surface area contributed by atoms with Crippen LogP contribution >= 0.6 is 27.7 Å². The maximum Gasteiger partial charge on any atom is 0.416 e. The van der Waals surface area contributed by atoms with E-state index in [4.69, 9.17) is 16.6 Å². The Bertz CT molecular complexity index is 1530. The highest BCUT2D eigenvalue weighted by molar-refractivity contribution is 9.08. The summed E-state index contributed by atoms with van der Waals surface area (Å²) in [5.74, 6) is 0.278. The highest BCUT2D eigenvalue weighted by Crippen LogP contribution is 2.38. The molecule has 0 aliphatic carbocycles. The summed E-state index contributed by atoms with van der Waals surface area (Å²) < 4.78 is 40.9. The maximum atomic E-state index is 13.1. The number of rotatable bonds is 4. The van der Waals surface area contributed by atoms with Crippen molar-refractivity contribution in [2.75, 3.05) is 11.4 Å². The van der Waals surface area contributed by atoms with Gasteiger partial charge >= 0.3 is 6.18 Å². The Morgan fingerprint density at radius 2 is 1.88 bits per heavy atom. The third-order valence-corrected chi connectivity index (χ3v) is 6.22. The zero-order chi connectivity index (χ0) is 24.0. The van der Waals surface area contributed by atoms with Gasteiger partial charge in [0.05, 0.1) is 44.1 Å². The van der Waals surface area contributed by atoms with Gasteiger partial charge in [0.2, 0.25) is 5.95 Å². The summed E-state index contributed by atoms with van der Waals surface area (Å²) in [4.78, 5) is 15.6. The number of nitrogens with zero attached hydrogens (tertiary/aromatic N) is 6. The minimum atomic E-state index is -4.49. The SMILES string of the molecule is CCN(c1nc(-c2cccc3cccnc23)c2c(cnn2Br)n1)c1ccc(C(F)(F)F)cc1Cl. The van der Waals surface area contributed by atoms with Gasteiger partial charge in [-0.3, -0.25) is 4.98 Å². The average Bonchev–Trinajstić information content (AvgIpc) is 3.20. The van der Waals surface area contributed by atoms with Crippen molar-refractivity contribution in [3.63, 3.8) is 0 Å². The summed E-state index contributed by atoms with van der Waals surface area (Å²) in [6, 6.07) is 12.8. The molecule has 0 saturated carbocycles. The summed E-state index contributed by atoms with van der Waals surface area (Å²) in [5, 5.41) is 5.14. The molecule has 3 aromatic heterocycles. The van der Waals surface area contributed by atoms with Gasteiger partial charge < -0.3 is 4.90 Å². The number of halogens is 5. The van der Waals surface area contributed by atoms with Gasteiger partial charge in [0, 0.05) is 23.7 Å². The number of aromatic nitrogens is 5. The van der Waals surface area contributed by atoms with Crippen LogP contribution in [0.1, 0.15) is 12.5 Å². The summed E-state index contributed by atoms with van der Waals surface area (Å²) in [5.41, 5.74) is 2.81. The first-order chi connectivity index (χ1) is 16.3. The van der Waals surface area contributed by atoms with Crippen LogP contribution in [0.3, 0.4) is 0 Å². The molecule has 0 unspecified atom stereocenters. The molecular formula is C23H15BrClF3N6. The quantitative estimate of drug-likeness (QED) is 0.242. The second kappa shape index (κ2) is 8.52. The van der Waals surface area contributed by atoms with Gasteiger partial charge in [0.25, 0.3) is 0 Å². The second-order valence-corrected chi connectivity index (χ2v) is 8.48. The highest BCUT2D eigenvalue weighted by Gasteiger charge is 2.31. The van der Waals surface area contributed by atoms with Crippen molar-refractivity contribution in [2.24, 2.45) is 0 Å². The van der Waals surface area contributed by atoms with Crippen LogP contribution < -0.4 is 4.90 Å². The molecule has 34 heavy (non-hydrogen) atoms. The van der Waals surface area contributed by atoms with E-state index in [1.807, 2.05) is 37.3 Å². The molecule has 3 heterocycles. The van der Waals surface area contributed by atoms with Crippen LogP contribution in [0.4, 0.5) is 24.8 Å². The first kappa shape index (κ1) is 22.5. The molecule has 0 radical (unpaired) electrons. The number of benzene rings is 2. The first-order valence-electron chi connectivity index (χ1n) is 10.2. The van der Waals surface area contributed by atoms with Gasteiger partial charge in [-0.2, -0.15) is 22.0 Å². The maximum absolute atomic E-state index is 13.1. The molecule has 0 atom stereocenters. The first-order valence-corrected chi connectivity index (χ1v) is 11.3. The molecule has 0 fully saturated rings. The van der Waals surface area contributed by atoms with Gasteiger partial charge in [-0.25, -0.2) is 9.97 Å². The molecular weight excluding hydrogens is 533 g/mol. The lowest BCUT2D eigenvalue weighted by Crippen LogP contribution is -2.20. The third kappa shape index (κ3) is 3.86. The van der Waals surface area contributed by atoms with Crippen LogP contribution in [0.2, 0.25) is 5.02 Å². The number of pyridine rings is 1. The monoisotopic (exact) mass is 546 g/mol. The van der Waals surface area contributed by atoms with Gasteiger partial charge in [-0.1, -0.05) is 35.9 Å². The van der Waals surface area contributed by atoms with Gasteiger partial charge in [0.1, 0.15) is 16.7 Å². The van der Waals surface area contributed by atoms with Gasteiger partial charge in [0.15, 0.2) is 0 Å². The second-order valence-electron chi connectivity index (χ2n) is 7.40. The Labute approximate surface area is 205 Å². The van der Waals surface area contributed by atoms with Crippen LogP contribution in [0.5, 0.6) is 0 Å². The zero-order valence-corrected chi connectivity index (χ0v) is 19.9. The minimum Gasteiger partial charge on any atom is -0.309 e. The summed E-state index contributed by atoms with van der Waals surface area (Å²) >= 11 is 9.69. The Kier molecular flexibility index (Phi) is 5.65. The molecule has 0 bridgehead atoms. The van der Waals surface area contributed by atoms with Crippen molar-refractivity contribution in [1.29, 1.82) is 0 Å². The Morgan fingerprint density at radius 1 is 1.09 bits per heavy atom. The molecule has 0 spiro atoms. The number of hydrogen-bond acceptors (Lipinski definition) is 5. The smallest absolute Gasteiger partial charge is 0.309 e. The molecule has 11 heteroatoms. The van der Waals surface area contributed by atoms with Crippen molar-refractivity contribution in [1.82, 2.24) is 23.8 Å². The number of hydrogen-bond donors (Lipinski definition) is 0. The van der Waals surface area contributed by atoms with Crippen LogP contribution in [-0.4, -0.2) is 30.3 Å². The molecule has 0 aliphatic heterocycles. The number of para-hydroxylation sites is 1. The van der Waals surface area contributed by atoms with E-state index in [2.05, 4.69) is 31.2 Å². The largest absolute Gasteiger partial charge is 0.416 e. The zero-order valence-electron chi connectivity index (χ0n) is 17.6. The van der Waals surface area contributed by atoms with Gasteiger partial charge in [-0.15, -0.1) is 0 Å². The van der Waals surface area contributed by atoms with E-state index in [1.54, 1.807) is 17.3 Å². The third-order valence-electron chi connectivity index (χ3n) is 5.38. The van der Waals surface area contributed by atoms with E-state index in [0.29, 0.717) is 29.0 Å². The minimum absolute atomic E-state index is 0.0510. The fourth-order valence-corrected chi connectivity index (χ4v) is 4.54. The normalized spacial score (nSPS) is 11.9. The molecule has 0 N–H and O–H groups in total. The van der Waals surface area contributed by atoms with Crippen LogP contribution in [0, 0.1) is 0 Å². The van der Waals surface area contributed by atoms with E-state index < -0.39 is 11.7 Å². The van der Waals surface area contributed by atoms with E-state index in [1.165, 1.54) is 9.77 Å². The van der Waals surface area contributed by atoms with Gasteiger partial charge in [-0.05, 0) is 31.2 Å². The fraction of sp³-hybridized carbons (Fsp3) is 0.130. The molecule has 172 valence electrons. The van der Waals surface area contributed by atoms with Crippen molar-refractivity contribution in [2.45, 2.75) is 13.1 Å². The van der Waals surface area contributed by atoms with Crippen LogP contribution in [0.15, 0.2) is 60.9 Å². The summed E-state index contributed by atoms with van der Waals surface area (Å²) in [7, 11) is 0. The topological polar surface area (TPSA) is 59.7 Å². The summed E-state index contributed by atoms with van der Waals surface area (Å²) in [6.45, 7) is 2.21. The van der Waals surface area contributed by atoms with E-state index in [0.717, 1.165) is 28.6 Å². The molecule has 0 aliphatic rings. The molecule has 0 saturated heterocycles. The number of anilines is 2. The van der Waals surface area contributed by atoms with Crippen molar-refractivity contribution in [3.8, 4) is 11.3 Å². The molecule has 0 amide bonds. The Morgan fingerprint density at radius 3 is 2.62 bits per heavy atom. The predicted octanol–water partition coefficient (Wildman–Crippen LogP) is 7.03. The number of alkyl halides is 3. The molecule has 5 aromatic rings. The van der Waals surface area contributed by atoms with Crippen LogP contribution in [-0.2, 0) is 6.18 Å². The molecule has 5 rings (SSSR count). The van der Waals surface area contributed by atoms with Crippen LogP contribution in [0.25, 0.3) is 33.2 Å². The molecule has 2 aromatic carbocycles. The van der Waals surface area contributed by atoms with Crippen molar-refractivity contribution < 1.29 is 13.2 Å². The fourth-order valence-electron chi connectivity index (χ4n) is 3.82.